The molecule has 1 N–H and O–H groups in total. The van der Waals surface area contributed by atoms with Crippen LogP contribution in [0, 0.1) is 5.92 Å². The van der Waals surface area contributed by atoms with Crippen LogP contribution in [0.1, 0.15) is 39.5 Å². The van der Waals surface area contributed by atoms with Crippen molar-refractivity contribution >= 4 is 11.9 Å². The Hall–Kier alpha value is -1.34. The highest BCUT2D eigenvalue weighted by Gasteiger charge is 2.26. The lowest BCUT2D eigenvalue weighted by Crippen LogP contribution is -2.46. The summed E-state index contributed by atoms with van der Waals surface area (Å²) in [6, 6.07) is 0. The molecule has 2 aliphatic rings. The Kier molecular flexibility index (Phi) is 9.91. The summed E-state index contributed by atoms with van der Waals surface area (Å²) in [6.45, 7) is 15.0. The molecule has 0 bridgehead atoms. The molecule has 7 nitrogen and oxygen atoms in total. The fourth-order valence-electron chi connectivity index (χ4n) is 3.88. The first-order chi connectivity index (χ1) is 13.2. The van der Waals surface area contributed by atoms with Gasteiger partial charge in [0.2, 0.25) is 0 Å². The van der Waals surface area contributed by atoms with E-state index in [0.717, 1.165) is 51.4 Å². The number of unbranched alkanes of at least 4 members (excludes halogenated alkanes) is 1. The van der Waals surface area contributed by atoms with Gasteiger partial charge in [0.15, 0.2) is 5.96 Å². The third-order valence-corrected chi connectivity index (χ3v) is 5.72. The number of carbonyl (C=O) groups excluding carboxylic acids is 1. The molecule has 2 saturated heterocycles. The molecule has 0 aliphatic carbocycles. The quantitative estimate of drug-likeness (QED) is 0.296. The molecule has 0 radical (unpaired) electrons. The van der Waals surface area contributed by atoms with E-state index in [1.54, 1.807) is 0 Å². The largest absolute Gasteiger partial charge is 0.469 e. The second kappa shape index (κ2) is 12.2. The Morgan fingerprint density at radius 3 is 2.30 bits per heavy atom. The minimum atomic E-state index is -0.0728. The molecule has 2 heterocycles. The number of hydrogen-bond acceptors (Lipinski definition) is 5. The number of esters is 1. The minimum absolute atomic E-state index is 0.0438. The summed E-state index contributed by atoms with van der Waals surface area (Å²) < 4.78 is 4.88. The third-order valence-electron chi connectivity index (χ3n) is 5.72. The van der Waals surface area contributed by atoms with Gasteiger partial charge >= 0.3 is 5.97 Å². The summed E-state index contributed by atoms with van der Waals surface area (Å²) in [6.07, 6.45) is 4.03. The van der Waals surface area contributed by atoms with Gasteiger partial charge in [-0.1, -0.05) is 6.92 Å². The van der Waals surface area contributed by atoms with Crippen molar-refractivity contribution in [2.45, 2.75) is 39.5 Å². The molecule has 0 spiro atoms. The smallest absolute Gasteiger partial charge is 0.308 e. The van der Waals surface area contributed by atoms with Crippen molar-refractivity contribution in [3.63, 3.8) is 0 Å². The van der Waals surface area contributed by atoms with Gasteiger partial charge in [-0.25, -0.2) is 0 Å². The Bertz CT molecular complexity index is 455. The van der Waals surface area contributed by atoms with E-state index in [1.807, 2.05) is 0 Å². The van der Waals surface area contributed by atoms with E-state index in [2.05, 4.69) is 33.9 Å². The van der Waals surface area contributed by atoms with Crippen molar-refractivity contribution < 1.29 is 9.53 Å². The summed E-state index contributed by atoms with van der Waals surface area (Å²) in [5.41, 5.74) is 0. The van der Waals surface area contributed by atoms with Crippen molar-refractivity contribution in [3.05, 3.63) is 0 Å². The number of hydrogen-bond donors (Lipinski definition) is 1. The van der Waals surface area contributed by atoms with Crippen LogP contribution in [0.4, 0.5) is 0 Å². The van der Waals surface area contributed by atoms with Crippen LogP contribution in [-0.4, -0.2) is 99.2 Å². The van der Waals surface area contributed by atoms with Gasteiger partial charge in [0.1, 0.15) is 0 Å². The maximum Gasteiger partial charge on any atom is 0.308 e. The zero-order chi connectivity index (χ0) is 19.5. The van der Waals surface area contributed by atoms with Gasteiger partial charge in [-0.05, 0) is 45.7 Å². The summed E-state index contributed by atoms with van der Waals surface area (Å²) in [7, 11) is 1.48. The van der Waals surface area contributed by atoms with Gasteiger partial charge in [0.25, 0.3) is 0 Å². The number of piperazine rings is 1. The lowest BCUT2D eigenvalue weighted by molar-refractivity contribution is -0.146. The number of nitrogens with zero attached hydrogens (tertiary/aromatic N) is 4. The zero-order valence-corrected chi connectivity index (χ0v) is 17.6. The molecule has 2 aliphatic heterocycles. The van der Waals surface area contributed by atoms with Crippen LogP contribution in [0.3, 0.4) is 0 Å². The molecule has 2 fully saturated rings. The number of aliphatic imine (C=N–C) groups is 1. The highest BCUT2D eigenvalue weighted by atomic mass is 16.5. The molecule has 7 heteroatoms. The molecule has 0 aromatic heterocycles. The first-order valence-corrected chi connectivity index (χ1v) is 10.7. The standard InChI is InChI=1S/C20H39N5O2/c1-4-21-20(25-12-8-18(9-13-25)19(26)27-3)22-10-6-7-11-24-16-14-23(5-2)15-17-24/h18H,4-17H2,1-3H3,(H,21,22). The van der Waals surface area contributed by atoms with Gasteiger partial charge in [-0.2, -0.15) is 0 Å². The topological polar surface area (TPSA) is 60.4 Å². The number of likely N-dealkylation sites (N-methyl/N-ethyl adjacent to an activating group) is 1. The van der Waals surface area contributed by atoms with E-state index in [4.69, 9.17) is 9.73 Å². The van der Waals surface area contributed by atoms with Crippen molar-refractivity contribution in [2.75, 3.05) is 72.6 Å². The number of rotatable bonds is 8. The molecular weight excluding hydrogens is 342 g/mol. The lowest BCUT2D eigenvalue weighted by atomic mass is 9.97. The molecule has 0 aromatic rings. The molecular formula is C20H39N5O2. The van der Waals surface area contributed by atoms with Gasteiger partial charge in [-0.15, -0.1) is 0 Å². The molecule has 27 heavy (non-hydrogen) atoms. The van der Waals surface area contributed by atoms with E-state index in [9.17, 15) is 4.79 Å². The van der Waals surface area contributed by atoms with Crippen LogP contribution < -0.4 is 5.32 Å². The average molecular weight is 382 g/mol. The number of methoxy groups -OCH3 is 1. The minimum Gasteiger partial charge on any atom is -0.469 e. The van der Waals surface area contributed by atoms with Gasteiger partial charge in [0, 0.05) is 52.4 Å². The first-order valence-electron chi connectivity index (χ1n) is 10.7. The number of ether oxygens (including phenoxy) is 1. The van der Waals surface area contributed by atoms with Crippen LogP contribution in [0.25, 0.3) is 0 Å². The average Bonchev–Trinajstić information content (AvgIpc) is 2.72. The van der Waals surface area contributed by atoms with Crippen LogP contribution >= 0.6 is 0 Å². The van der Waals surface area contributed by atoms with Crippen molar-refractivity contribution in [2.24, 2.45) is 10.9 Å². The SMILES string of the molecule is CCNC(=NCCCCN1CCN(CC)CC1)N1CCC(C(=O)OC)CC1. The van der Waals surface area contributed by atoms with Gasteiger partial charge in [-0.3, -0.25) is 9.79 Å². The highest BCUT2D eigenvalue weighted by molar-refractivity contribution is 5.80. The predicted octanol–water partition coefficient (Wildman–Crippen LogP) is 1.25. The highest BCUT2D eigenvalue weighted by Crippen LogP contribution is 2.18. The zero-order valence-electron chi connectivity index (χ0n) is 17.6. The molecule has 0 saturated carbocycles. The summed E-state index contributed by atoms with van der Waals surface area (Å²) >= 11 is 0. The van der Waals surface area contributed by atoms with Crippen LogP contribution in [0.5, 0.6) is 0 Å². The van der Waals surface area contributed by atoms with Gasteiger partial charge < -0.3 is 24.8 Å². The maximum atomic E-state index is 11.7. The van der Waals surface area contributed by atoms with E-state index in [0.29, 0.717) is 0 Å². The number of likely N-dealkylation sites (tertiary alicyclic amines) is 1. The fraction of sp³-hybridized carbons (Fsp3) is 0.900. The molecule has 0 atom stereocenters. The second-order valence-electron chi connectivity index (χ2n) is 7.50. The second-order valence-corrected chi connectivity index (χ2v) is 7.50. The Balaban J connectivity index is 1.67. The maximum absolute atomic E-state index is 11.7. The monoisotopic (exact) mass is 381 g/mol. The summed E-state index contributed by atoms with van der Waals surface area (Å²) in [5, 5.41) is 3.41. The van der Waals surface area contributed by atoms with E-state index < -0.39 is 0 Å². The lowest BCUT2D eigenvalue weighted by Gasteiger charge is -2.34. The predicted molar refractivity (Wildman–Crippen MR) is 110 cm³/mol. The Morgan fingerprint density at radius 2 is 1.70 bits per heavy atom. The molecule has 0 amide bonds. The summed E-state index contributed by atoms with van der Waals surface area (Å²) in [5.74, 6) is 0.969. The molecule has 0 unspecified atom stereocenters. The van der Waals surface area contributed by atoms with E-state index in [1.165, 1.54) is 52.8 Å². The Labute approximate surface area is 165 Å². The first kappa shape index (κ1) is 22.0. The fourth-order valence-corrected chi connectivity index (χ4v) is 3.88. The number of carbonyl (C=O) groups is 1. The van der Waals surface area contributed by atoms with Crippen LogP contribution in [0.2, 0.25) is 0 Å². The normalized spacial score (nSPS) is 20.7. The van der Waals surface area contributed by atoms with Crippen LogP contribution in [-0.2, 0) is 9.53 Å². The van der Waals surface area contributed by atoms with Gasteiger partial charge in [0.05, 0.1) is 13.0 Å². The third kappa shape index (κ3) is 7.30. The Morgan fingerprint density at radius 1 is 1.04 bits per heavy atom. The van der Waals surface area contributed by atoms with E-state index in [-0.39, 0.29) is 11.9 Å². The van der Waals surface area contributed by atoms with E-state index >= 15 is 0 Å². The summed E-state index contributed by atoms with van der Waals surface area (Å²) in [4.78, 5) is 23.9. The molecule has 156 valence electrons. The molecule has 0 aromatic carbocycles. The number of piperidine rings is 1. The molecule has 2 rings (SSSR count). The number of guanidine groups is 1. The van der Waals surface area contributed by atoms with Crippen molar-refractivity contribution in [3.8, 4) is 0 Å². The van der Waals surface area contributed by atoms with Crippen LogP contribution in [0.15, 0.2) is 4.99 Å². The van der Waals surface area contributed by atoms with Crippen molar-refractivity contribution in [1.29, 1.82) is 0 Å². The van der Waals surface area contributed by atoms with Crippen molar-refractivity contribution in [1.82, 2.24) is 20.0 Å². The number of nitrogens with one attached hydrogen (secondary N) is 1.